The van der Waals surface area contributed by atoms with Gasteiger partial charge < -0.3 is 20.1 Å². The van der Waals surface area contributed by atoms with Crippen molar-refractivity contribution in [2.75, 3.05) is 19.7 Å². The van der Waals surface area contributed by atoms with Crippen LogP contribution in [0.25, 0.3) is 11.1 Å². The van der Waals surface area contributed by atoms with Gasteiger partial charge in [0, 0.05) is 31.0 Å². The Labute approximate surface area is 193 Å². The molecule has 2 aliphatic carbocycles. The quantitative estimate of drug-likeness (QED) is 0.602. The first kappa shape index (κ1) is 22.8. The van der Waals surface area contributed by atoms with Crippen LogP contribution >= 0.6 is 0 Å². The maximum Gasteiger partial charge on any atom is 0.407 e. The number of carboxylic acid groups (broad SMARTS) is 1. The first-order chi connectivity index (χ1) is 16.0. The van der Waals surface area contributed by atoms with Crippen LogP contribution in [0.5, 0.6) is 0 Å². The Morgan fingerprint density at radius 1 is 1.00 bits per heavy atom. The van der Waals surface area contributed by atoms with E-state index in [0.29, 0.717) is 19.4 Å². The molecule has 7 heteroatoms. The summed E-state index contributed by atoms with van der Waals surface area (Å²) in [6.07, 6.45) is 1.36. The molecule has 2 aliphatic rings. The number of amides is 2. The zero-order valence-corrected chi connectivity index (χ0v) is 18.8. The Hall–Kier alpha value is -3.35. The highest BCUT2D eigenvalue weighted by molar-refractivity contribution is 5.81. The number of carbonyl (C=O) groups is 3. The van der Waals surface area contributed by atoms with Gasteiger partial charge in [-0.15, -0.1) is 0 Å². The molecule has 0 saturated heterocycles. The lowest BCUT2D eigenvalue weighted by atomic mass is 9.79. The second kappa shape index (κ2) is 10.1. The normalized spacial score (nSPS) is 18.6. The Kier molecular flexibility index (Phi) is 6.96. The van der Waals surface area contributed by atoms with E-state index in [9.17, 15) is 14.4 Å². The number of rotatable bonds is 9. The number of ether oxygens (including phenoxy) is 1. The van der Waals surface area contributed by atoms with Crippen LogP contribution in [-0.2, 0) is 14.3 Å². The van der Waals surface area contributed by atoms with Crippen molar-refractivity contribution in [3.8, 4) is 11.1 Å². The van der Waals surface area contributed by atoms with Crippen molar-refractivity contribution in [3.63, 3.8) is 0 Å². The van der Waals surface area contributed by atoms with Crippen molar-refractivity contribution in [2.24, 2.45) is 5.92 Å². The molecule has 0 unspecified atom stereocenters. The third kappa shape index (κ3) is 5.02. The van der Waals surface area contributed by atoms with Crippen LogP contribution < -0.4 is 5.32 Å². The van der Waals surface area contributed by atoms with Crippen molar-refractivity contribution in [1.82, 2.24) is 10.2 Å². The third-order valence-electron chi connectivity index (χ3n) is 6.55. The second-order valence-electron chi connectivity index (χ2n) is 8.80. The van der Waals surface area contributed by atoms with E-state index in [0.717, 1.165) is 17.5 Å². The number of alkyl carbamates (subject to hydrolysis) is 1. The number of aliphatic carboxylic acids is 1. The molecule has 0 spiro atoms. The average Bonchev–Trinajstić information content (AvgIpc) is 3.10. The summed E-state index contributed by atoms with van der Waals surface area (Å²) in [5, 5.41) is 11.8. The van der Waals surface area contributed by atoms with Crippen LogP contribution in [0.4, 0.5) is 4.79 Å². The Morgan fingerprint density at radius 3 is 2.18 bits per heavy atom. The molecule has 33 heavy (non-hydrogen) atoms. The lowest BCUT2D eigenvalue weighted by molar-refractivity contribution is -0.141. The van der Waals surface area contributed by atoms with Crippen molar-refractivity contribution in [3.05, 3.63) is 59.7 Å². The molecule has 2 aromatic rings. The average molecular weight is 451 g/mol. The maximum atomic E-state index is 12.7. The number of fused-ring (bicyclic) bond motifs is 3. The smallest absolute Gasteiger partial charge is 0.407 e. The molecule has 0 atom stereocenters. The van der Waals surface area contributed by atoms with E-state index < -0.39 is 12.1 Å². The molecule has 2 amide bonds. The van der Waals surface area contributed by atoms with Gasteiger partial charge in [0.25, 0.3) is 0 Å². The summed E-state index contributed by atoms with van der Waals surface area (Å²) < 4.78 is 5.58. The third-order valence-corrected chi connectivity index (χ3v) is 6.55. The monoisotopic (exact) mass is 450 g/mol. The van der Waals surface area contributed by atoms with Gasteiger partial charge in [0.1, 0.15) is 6.61 Å². The van der Waals surface area contributed by atoms with Gasteiger partial charge in [-0.1, -0.05) is 55.5 Å². The molecule has 7 nitrogen and oxygen atoms in total. The molecule has 0 aromatic heterocycles. The minimum atomic E-state index is -0.910. The van der Waals surface area contributed by atoms with Gasteiger partial charge in [-0.25, -0.2) is 4.79 Å². The fourth-order valence-electron chi connectivity index (χ4n) is 4.83. The van der Waals surface area contributed by atoms with Crippen molar-refractivity contribution < 1.29 is 24.2 Å². The Balaban J connectivity index is 1.26. The molecule has 2 N–H and O–H groups in total. The van der Waals surface area contributed by atoms with E-state index in [-0.39, 0.29) is 43.4 Å². The summed E-state index contributed by atoms with van der Waals surface area (Å²) in [6, 6.07) is 16.3. The number of benzene rings is 2. The van der Waals surface area contributed by atoms with Gasteiger partial charge in [-0.05, 0) is 41.5 Å². The van der Waals surface area contributed by atoms with Crippen LogP contribution in [-0.4, -0.2) is 53.7 Å². The highest BCUT2D eigenvalue weighted by Gasteiger charge is 2.38. The van der Waals surface area contributed by atoms with E-state index in [1.165, 1.54) is 11.1 Å². The topological polar surface area (TPSA) is 95.9 Å². The zero-order valence-electron chi connectivity index (χ0n) is 18.8. The van der Waals surface area contributed by atoms with Crippen LogP contribution in [0.1, 0.15) is 49.7 Å². The number of hydrogen-bond donors (Lipinski definition) is 2. The Morgan fingerprint density at radius 2 is 1.61 bits per heavy atom. The fraction of sp³-hybridized carbons (Fsp3) is 0.423. The zero-order chi connectivity index (χ0) is 23.4. The summed E-state index contributed by atoms with van der Waals surface area (Å²) >= 11 is 0. The molecule has 4 rings (SSSR count). The Bertz CT molecular complexity index is 985. The molecule has 0 bridgehead atoms. The summed E-state index contributed by atoms with van der Waals surface area (Å²) in [7, 11) is 0. The van der Waals surface area contributed by atoms with Crippen molar-refractivity contribution in [1.29, 1.82) is 0 Å². The second-order valence-corrected chi connectivity index (χ2v) is 8.80. The molecule has 0 heterocycles. The highest BCUT2D eigenvalue weighted by atomic mass is 16.5. The minimum absolute atomic E-state index is 0.00991. The number of nitrogens with zero attached hydrogens (tertiary/aromatic N) is 1. The van der Waals surface area contributed by atoms with Gasteiger partial charge in [-0.2, -0.15) is 0 Å². The molecule has 1 saturated carbocycles. The summed E-state index contributed by atoms with van der Waals surface area (Å²) in [5.41, 5.74) is 4.69. The lowest BCUT2D eigenvalue weighted by Crippen LogP contribution is -2.51. The van der Waals surface area contributed by atoms with Gasteiger partial charge in [-0.3, -0.25) is 9.59 Å². The summed E-state index contributed by atoms with van der Waals surface area (Å²) in [6.45, 7) is 2.99. The largest absolute Gasteiger partial charge is 0.481 e. The molecule has 0 radical (unpaired) electrons. The number of hydrogen-bond acceptors (Lipinski definition) is 4. The minimum Gasteiger partial charge on any atom is -0.481 e. The van der Waals surface area contributed by atoms with Crippen LogP contribution in [0.3, 0.4) is 0 Å². The molecule has 2 aromatic carbocycles. The fourth-order valence-corrected chi connectivity index (χ4v) is 4.83. The van der Waals surface area contributed by atoms with Crippen molar-refractivity contribution in [2.45, 2.75) is 44.6 Å². The maximum absolute atomic E-state index is 12.7. The first-order valence-corrected chi connectivity index (χ1v) is 11.6. The summed E-state index contributed by atoms with van der Waals surface area (Å²) in [5.74, 6) is -1.10. The first-order valence-electron chi connectivity index (χ1n) is 11.6. The SMILES string of the molecule is CCCN(CCC(=O)O)C(=O)C1CC(NC(=O)OCC2c3ccccc3-c3ccccc32)C1. The molecular formula is C26H30N2O5. The molecule has 174 valence electrons. The van der Waals surface area contributed by atoms with Crippen LogP contribution in [0, 0.1) is 5.92 Å². The predicted molar refractivity (Wildman–Crippen MR) is 124 cm³/mol. The van der Waals surface area contributed by atoms with E-state index in [2.05, 4.69) is 29.6 Å². The van der Waals surface area contributed by atoms with E-state index >= 15 is 0 Å². The number of carboxylic acids is 1. The lowest BCUT2D eigenvalue weighted by Gasteiger charge is -2.37. The van der Waals surface area contributed by atoms with Gasteiger partial charge >= 0.3 is 12.1 Å². The van der Waals surface area contributed by atoms with Crippen molar-refractivity contribution >= 4 is 18.0 Å². The van der Waals surface area contributed by atoms with E-state index in [1.54, 1.807) is 4.90 Å². The van der Waals surface area contributed by atoms with E-state index in [4.69, 9.17) is 9.84 Å². The van der Waals surface area contributed by atoms with Gasteiger partial charge in [0.05, 0.1) is 6.42 Å². The summed E-state index contributed by atoms with van der Waals surface area (Å²) in [4.78, 5) is 37.6. The standard InChI is InChI=1S/C26H30N2O5/c1-2-12-28(13-11-24(29)30)25(31)17-14-18(15-17)27-26(32)33-16-23-21-9-5-3-7-19(21)20-8-4-6-10-22(20)23/h3-10,17-18,23H,2,11-16H2,1H3,(H,27,32)(H,29,30). The molecular weight excluding hydrogens is 420 g/mol. The van der Waals surface area contributed by atoms with Gasteiger partial charge in [0.2, 0.25) is 5.91 Å². The van der Waals surface area contributed by atoms with Crippen LogP contribution in [0.15, 0.2) is 48.5 Å². The number of carbonyl (C=O) groups excluding carboxylic acids is 2. The molecule has 0 aliphatic heterocycles. The van der Waals surface area contributed by atoms with Crippen LogP contribution in [0.2, 0.25) is 0 Å². The highest BCUT2D eigenvalue weighted by Crippen LogP contribution is 2.44. The van der Waals surface area contributed by atoms with Gasteiger partial charge in [0.15, 0.2) is 0 Å². The number of nitrogens with one attached hydrogen (secondary N) is 1. The van der Waals surface area contributed by atoms with E-state index in [1.807, 2.05) is 31.2 Å². The molecule has 1 fully saturated rings. The predicted octanol–water partition coefficient (Wildman–Crippen LogP) is 4.02.